The van der Waals surface area contributed by atoms with Crippen LogP contribution in [0.25, 0.3) is 0 Å². The van der Waals surface area contributed by atoms with Gasteiger partial charge in [0.2, 0.25) is 0 Å². The van der Waals surface area contributed by atoms with Crippen molar-refractivity contribution < 1.29 is 14.4 Å². The smallest absolute Gasteiger partial charge is 0.269 e. The summed E-state index contributed by atoms with van der Waals surface area (Å²) in [6.45, 7) is 2.05. The monoisotopic (exact) mass is 419 g/mol. The quantitative estimate of drug-likeness (QED) is 0.745. The van der Waals surface area contributed by atoms with Crippen LogP contribution in [0.2, 0.25) is 0 Å². The SMILES string of the molecule is CCc1ccc(C(=O)NNC(=O)C2CC3CCCCC3N2C(=O)c2ccccc2)cc1. The van der Waals surface area contributed by atoms with E-state index in [0.29, 0.717) is 23.5 Å². The van der Waals surface area contributed by atoms with Gasteiger partial charge in [-0.05, 0) is 61.4 Å². The van der Waals surface area contributed by atoms with Gasteiger partial charge in [0.15, 0.2) is 0 Å². The molecule has 1 saturated heterocycles. The number of fused-ring (bicyclic) bond motifs is 1. The van der Waals surface area contributed by atoms with E-state index in [2.05, 4.69) is 17.8 Å². The zero-order chi connectivity index (χ0) is 21.8. The Hall–Kier alpha value is -3.15. The number of nitrogens with one attached hydrogen (secondary N) is 2. The van der Waals surface area contributed by atoms with Gasteiger partial charge in [0.1, 0.15) is 6.04 Å². The van der Waals surface area contributed by atoms with Crippen molar-refractivity contribution in [2.45, 2.75) is 57.5 Å². The van der Waals surface area contributed by atoms with Gasteiger partial charge in [-0.1, -0.05) is 50.1 Å². The van der Waals surface area contributed by atoms with Crippen LogP contribution in [0.1, 0.15) is 65.3 Å². The Bertz CT molecular complexity index is 942. The van der Waals surface area contributed by atoms with Gasteiger partial charge in [0.05, 0.1) is 0 Å². The Morgan fingerprint density at radius 2 is 1.61 bits per heavy atom. The lowest BCUT2D eigenvalue weighted by Gasteiger charge is -2.33. The molecule has 2 fully saturated rings. The highest BCUT2D eigenvalue weighted by atomic mass is 16.2. The standard InChI is InChI=1S/C25H29N3O3/c1-2-17-12-14-18(15-13-17)23(29)26-27-24(30)22-16-20-10-6-7-11-21(20)28(22)25(31)19-8-4-3-5-9-19/h3-5,8-9,12-15,20-22H,2,6-7,10-11,16H2,1H3,(H,26,29)(H,27,30). The number of likely N-dealkylation sites (tertiary alicyclic amines) is 1. The number of aryl methyl sites for hydroxylation is 1. The van der Waals surface area contributed by atoms with Crippen molar-refractivity contribution in [1.29, 1.82) is 0 Å². The number of rotatable bonds is 4. The summed E-state index contributed by atoms with van der Waals surface area (Å²) in [5.41, 5.74) is 7.30. The molecule has 3 amide bonds. The van der Waals surface area contributed by atoms with Gasteiger partial charge in [-0.25, -0.2) is 0 Å². The van der Waals surface area contributed by atoms with Crippen molar-refractivity contribution in [3.8, 4) is 0 Å². The topological polar surface area (TPSA) is 78.5 Å². The van der Waals surface area contributed by atoms with E-state index in [0.717, 1.165) is 37.7 Å². The second kappa shape index (κ2) is 9.33. The maximum atomic E-state index is 13.3. The van der Waals surface area contributed by atoms with Gasteiger partial charge >= 0.3 is 0 Å². The van der Waals surface area contributed by atoms with Crippen LogP contribution in [0.5, 0.6) is 0 Å². The van der Waals surface area contributed by atoms with E-state index in [1.807, 2.05) is 30.3 Å². The fourth-order valence-electron chi connectivity index (χ4n) is 4.88. The molecule has 2 aromatic carbocycles. The third-order valence-corrected chi connectivity index (χ3v) is 6.57. The van der Waals surface area contributed by atoms with Crippen molar-refractivity contribution >= 4 is 17.7 Å². The third kappa shape index (κ3) is 4.48. The second-order valence-corrected chi connectivity index (χ2v) is 8.44. The fourth-order valence-corrected chi connectivity index (χ4v) is 4.88. The van der Waals surface area contributed by atoms with E-state index in [4.69, 9.17) is 0 Å². The molecular formula is C25H29N3O3. The zero-order valence-corrected chi connectivity index (χ0v) is 17.8. The number of carbonyl (C=O) groups is 3. The molecule has 2 N–H and O–H groups in total. The van der Waals surface area contributed by atoms with Crippen LogP contribution in [-0.2, 0) is 11.2 Å². The van der Waals surface area contributed by atoms with E-state index in [1.165, 1.54) is 0 Å². The molecule has 2 aromatic rings. The van der Waals surface area contributed by atoms with Gasteiger partial charge in [-0.3, -0.25) is 25.2 Å². The number of amides is 3. The lowest BCUT2D eigenvalue weighted by molar-refractivity contribution is -0.126. The Morgan fingerprint density at radius 1 is 0.903 bits per heavy atom. The molecule has 4 rings (SSSR count). The van der Waals surface area contributed by atoms with Crippen molar-refractivity contribution in [2.24, 2.45) is 5.92 Å². The average Bonchev–Trinajstić information content (AvgIpc) is 3.22. The first kappa shape index (κ1) is 21.1. The predicted octanol–water partition coefficient (Wildman–Crippen LogP) is 3.48. The third-order valence-electron chi connectivity index (χ3n) is 6.57. The molecule has 2 aliphatic rings. The van der Waals surface area contributed by atoms with Crippen LogP contribution in [0, 0.1) is 5.92 Å². The minimum atomic E-state index is -0.580. The number of nitrogens with zero attached hydrogens (tertiary/aromatic N) is 1. The van der Waals surface area contributed by atoms with Crippen LogP contribution in [0.4, 0.5) is 0 Å². The molecule has 0 spiro atoms. The highest BCUT2D eigenvalue weighted by Gasteiger charge is 2.47. The van der Waals surface area contributed by atoms with E-state index in [-0.39, 0.29) is 23.8 Å². The fraction of sp³-hybridized carbons (Fsp3) is 0.400. The number of benzene rings is 2. The molecule has 1 aliphatic heterocycles. The van der Waals surface area contributed by atoms with Crippen LogP contribution >= 0.6 is 0 Å². The molecule has 1 saturated carbocycles. The largest absolute Gasteiger partial charge is 0.323 e. The van der Waals surface area contributed by atoms with E-state index >= 15 is 0 Å². The molecule has 0 aromatic heterocycles. The lowest BCUT2D eigenvalue weighted by atomic mass is 9.84. The van der Waals surface area contributed by atoms with Crippen LogP contribution in [-0.4, -0.2) is 34.7 Å². The number of hydrogen-bond acceptors (Lipinski definition) is 3. The Morgan fingerprint density at radius 3 is 2.32 bits per heavy atom. The highest BCUT2D eigenvalue weighted by Crippen LogP contribution is 2.40. The van der Waals surface area contributed by atoms with Gasteiger partial charge in [0, 0.05) is 17.2 Å². The number of hydrazine groups is 1. The van der Waals surface area contributed by atoms with Crippen molar-refractivity contribution in [3.05, 3.63) is 71.3 Å². The molecule has 6 nitrogen and oxygen atoms in total. The lowest BCUT2D eigenvalue weighted by Crippen LogP contribution is -2.53. The number of hydrogen-bond donors (Lipinski definition) is 2. The van der Waals surface area contributed by atoms with Gasteiger partial charge < -0.3 is 4.90 Å². The molecule has 3 unspecified atom stereocenters. The predicted molar refractivity (Wildman–Crippen MR) is 118 cm³/mol. The normalized spacial score (nSPS) is 22.5. The maximum absolute atomic E-state index is 13.3. The zero-order valence-electron chi connectivity index (χ0n) is 17.8. The number of carbonyl (C=O) groups excluding carboxylic acids is 3. The van der Waals surface area contributed by atoms with Crippen LogP contribution in [0.15, 0.2) is 54.6 Å². The molecule has 0 radical (unpaired) electrons. The van der Waals surface area contributed by atoms with E-state index in [1.54, 1.807) is 29.2 Å². The molecule has 31 heavy (non-hydrogen) atoms. The summed E-state index contributed by atoms with van der Waals surface area (Å²) in [6.07, 6.45) is 5.68. The molecule has 6 heteroatoms. The van der Waals surface area contributed by atoms with Crippen molar-refractivity contribution in [2.75, 3.05) is 0 Å². The summed E-state index contributed by atoms with van der Waals surface area (Å²) in [6, 6.07) is 15.9. The highest BCUT2D eigenvalue weighted by molar-refractivity contribution is 5.99. The summed E-state index contributed by atoms with van der Waals surface area (Å²) in [7, 11) is 0. The molecule has 1 aliphatic carbocycles. The summed E-state index contributed by atoms with van der Waals surface area (Å²) in [5.74, 6) is -0.490. The summed E-state index contributed by atoms with van der Waals surface area (Å²) in [4.78, 5) is 40.6. The Balaban J connectivity index is 1.47. The Kier molecular flexibility index (Phi) is 6.35. The maximum Gasteiger partial charge on any atom is 0.269 e. The minimum absolute atomic E-state index is 0.0782. The minimum Gasteiger partial charge on any atom is -0.323 e. The first-order valence-corrected chi connectivity index (χ1v) is 11.2. The first-order valence-electron chi connectivity index (χ1n) is 11.2. The van der Waals surface area contributed by atoms with E-state index < -0.39 is 6.04 Å². The molecule has 0 bridgehead atoms. The van der Waals surface area contributed by atoms with Crippen LogP contribution < -0.4 is 10.9 Å². The van der Waals surface area contributed by atoms with Crippen LogP contribution in [0.3, 0.4) is 0 Å². The summed E-state index contributed by atoms with van der Waals surface area (Å²) < 4.78 is 0. The van der Waals surface area contributed by atoms with E-state index in [9.17, 15) is 14.4 Å². The van der Waals surface area contributed by atoms with Crippen molar-refractivity contribution in [3.63, 3.8) is 0 Å². The average molecular weight is 420 g/mol. The van der Waals surface area contributed by atoms with Gasteiger partial charge in [-0.15, -0.1) is 0 Å². The van der Waals surface area contributed by atoms with Gasteiger partial charge in [0.25, 0.3) is 17.7 Å². The molecule has 1 heterocycles. The molecule has 162 valence electrons. The first-order chi connectivity index (χ1) is 15.1. The molecule has 3 atom stereocenters. The summed E-state index contributed by atoms with van der Waals surface area (Å²) in [5, 5.41) is 0. The van der Waals surface area contributed by atoms with Gasteiger partial charge in [-0.2, -0.15) is 0 Å². The molecular weight excluding hydrogens is 390 g/mol. The Labute approximate surface area is 183 Å². The van der Waals surface area contributed by atoms with Crippen molar-refractivity contribution in [1.82, 2.24) is 15.8 Å². The summed E-state index contributed by atoms with van der Waals surface area (Å²) >= 11 is 0. The second-order valence-electron chi connectivity index (χ2n) is 8.44.